The second-order valence-electron chi connectivity index (χ2n) is 4.71. The van der Waals surface area contributed by atoms with Gasteiger partial charge in [-0.2, -0.15) is 5.10 Å². The molecule has 0 spiro atoms. The Labute approximate surface area is 130 Å². The normalized spacial score (nSPS) is 10.4. The number of hydrogen-bond donors (Lipinski definition) is 1. The number of ether oxygens (including phenoxy) is 1. The molecule has 4 heteroatoms. The number of carbonyl (C=O) groups excluding carboxylic acids is 1. The molecule has 0 unspecified atom stereocenters. The minimum absolute atomic E-state index is 0.317. The molecule has 22 heavy (non-hydrogen) atoms. The number of hydrogen-bond acceptors (Lipinski definition) is 3. The van der Waals surface area contributed by atoms with Gasteiger partial charge in [0.25, 0.3) is 5.91 Å². The maximum Gasteiger partial charge on any atom is 0.275 e. The molecule has 0 heterocycles. The Morgan fingerprint density at radius 1 is 1.23 bits per heavy atom. The van der Waals surface area contributed by atoms with E-state index >= 15 is 0 Å². The third-order valence-corrected chi connectivity index (χ3v) is 2.95. The molecule has 0 atom stereocenters. The molecular weight excluding hydrogens is 276 g/mol. The molecule has 0 saturated heterocycles. The second-order valence-corrected chi connectivity index (χ2v) is 4.71. The minimum Gasteiger partial charge on any atom is -0.489 e. The van der Waals surface area contributed by atoms with Crippen LogP contribution in [0.3, 0.4) is 0 Å². The van der Waals surface area contributed by atoms with E-state index in [-0.39, 0.29) is 5.91 Å². The van der Waals surface area contributed by atoms with E-state index < -0.39 is 0 Å². The van der Waals surface area contributed by atoms with Crippen LogP contribution in [0.4, 0.5) is 0 Å². The smallest absolute Gasteiger partial charge is 0.275 e. The fourth-order valence-corrected chi connectivity index (χ4v) is 1.81. The van der Waals surface area contributed by atoms with Crippen LogP contribution in [-0.2, 0) is 0 Å². The van der Waals surface area contributed by atoms with Crippen molar-refractivity contribution >= 4 is 12.1 Å². The van der Waals surface area contributed by atoms with E-state index in [9.17, 15) is 4.79 Å². The van der Waals surface area contributed by atoms with Gasteiger partial charge >= 0.3 is 0 Å². The summed E-state index contributed by atoms with van der Waals surface area (Å²) in [7, 11) is 0. The van der Waals surface area contributed by atoms with Gasteiger partial charge in [-0.15, -0.1) is 0 Å². The van der Waals surface area contributed by atoms with Gasteiger partial charge in [0.05, 0.1) is 11.8 Å². The van der Waals surface area contributed by atoms with Crippen LogP contribution in [-0.4, -0.2) is 18.7 Å². The highest BCUT2D eigenvalue weighted by atomic mass is 16.5. The Balaban J connectivity index is 2.03. The van der Waals surface area contributed by atoms with Gasteiger partial charge < -0.3 is 4.74 Å². The van der Waals surface area contributed by atoms with Crippen LogP contribution in [0.2, 0.25) is 0 Å². The number of nitrogens with one attached hydrogen (secondary N) is 1. The van der Waals surface area contributed by atoms with Crippen molar-refractivity contribution < 1.29 is 9.53 Å². The maximum atomic E-state index is 12.1. The molecule has 0 aliphatic rings. The summed E-state index contributed by atoms with van der Waals surface area (Å²) in [6.07, 6.45) is 3.23. The first-order chi connectivity index (χ1) is 10.7. The van der Waals surface area contributed by atoms with Gasteiger partial charge in [-0.05, 0) is 24.6 Å². The molecule has 0 aromatic heterocycles. The highest BCUT2D eigenvalue weighted by molar-refractivity contribution is 5.97. The summed E-state index contributed by atoms with van der Waals surface area (Å²) in [4.78, 5) is 12.1. The third kappa shape index (κ3) is 4.31. The largest absolute Gasteiger partial charge is 0.489 e. The van der Waals surface area contributed by atoms with Gasteiger partial charge in [0.1, 0.15) is 12.4 Å². The number of hydrazone groups is 1. The SMILES string of the molecule is C=CCOc1ccccc1C(=O)NN=Cc1ccc(C)cc1. The zero-order valence-corrected chi connectivity index (χ0v) is 12.5. The highest BCUT2D eigenvalue weighted by Crippen LogP contribution is 2.17. The van der Waals surface area contributed by atoms with Crippen molar-refractivity contribution in [3.05, 3.63) is 77.9 Å². The molecule has 2 rings (SSSR count). The van der Waals surface area contributed by atoms with E-state index in [1.165, 1.54) is 5.56 Å². The summed E-state index contributed by atoms with van der Waals surface area (Å²) < 4.78 is 5.45. The van der Waals surface area contributed by atoms with Gasteiger partial charge in [0.15, 0.2) is 0 Å². The van der Waals surface area contributed by atoms with Gasteiger partial charge in [0.2, 0.25) is 0 Å². The number of aryl methyl sites for hydroxylation is 1. The van der Waals surface area contributed by atoms with Gasteiger partial charge in [-0.3, -0.25) is 4.79 Å². The molecule has 0 aliphatic heterocycles. The lowest BCUT2D eigenvalue weighted by Gasteiger charge is -2.08. The van der Waals surface area contributed by atoms with Crippen LogP contribution in [0.5, 0.6) is 5.75 Å². The van der Waals surface area contributed by atoms with E-state index in [2.05, 4.69) is 17.1 Å². The van der Waals surface area contributed by atoms with Gasteiger partial charge in [-0.1, -0.05) is 54.6 Å². The number of amides is 1. The standard InChI is InChI=1S/C18H18N2O2/c1-3-12-22-17-7-5-4-6-16(17)18(21)20-19-13-15-10-8-14(2)9-11-15/h3-11,13H,1,12H2,2H3,(H,20,21). The van der Waals surface area contributed by atoms with E-state index in [0.717, 1.165) is 5.56 Å². The monoisotopic (exact) mass is 294 g/mol. The lowest BCUT2D eigenvalue weighted by molar-refractivity contribution is 0.0951. The average molecular weight is 294 g/mol. The van der Waals surface area contributed by atoms with E-state index in [0.29, 0.717) is 17.9 Å². The number of carbonyl (C=O) groups is 1. The predicted octanol–water partition coefficient (Wildman–Crippen LogP) is 3.32. The molecule has 112 valence electrons. The summed E-state index contributed by atoms with van der Waals surface area (Å²) in [6, 6.07) is 14.9. The van der Waals surface area contributed by atoms with E-state index in [4.69, 9.17) is 4.74 Å². The molecule has 0 aliphatic carbocycles. The maximum absolute atomic E-state index is 12.1. The average Bonchev–Trinajstić information content (AvgIpc) is 2.55. The topological polar surface area (TPSA) is 50.7 Å². The van der Waals surface area contributed by atoms with Crippen molar-refractivity contribution in [2.45, 2.75) is 6.92 Å². The van der Waals surface area contributed by atoms with Crippen molar-refractivity contribution in [2.75, 3.05) is 6.61 Å². The molecule has 4 nitrogen and oxygen atoms in total. The first kappa shape index (κ1) is 15.5. The molecule has 0 saturated carbocycles. The van der Waals surface area contributed by atoms with Gasteiger partial charge in [0, 0.05) is 0 Å². The van der Waals surface area contributed by atoms with Crippen LogP contribution >= 0.6 is 0 Å². The van der Waals surface area contributed by atoms with E-state index in [1.807, 2.05) is 37.3 Å². The fourth-order valence-electron chi connectivity index (χ4n) is 1.81. The predicted molar refractivity (Wildman–Crippen MR) is 88.4 cm³/mol. The van der Waals surface area contributed by atoms with Crippen molar-refractivity contribution in [3.8, 4) is 5.75 Å². The molecule has 0 fully saturated rings. The number of benzene rings is 2. The molecule has 0 radical (unpaired) electrons. The van der Waals surface area contributed by atoms with Crippen molar-refractivity contribution in [2.24, 2.45) is 5.10 Å². The van der Waals surface area contributed by atoms with Crippen LogP contribution < -0.4 is 10.2 Å². The Kier molecular flexibility index (Phi) is 5.49. The summed E-state index contributed by atoms with van der Waals surface area (Å²) >= 11 is 0. The number of nitrogens with zero attached hydrogens (tertiary/aromatic N) is 1. The lowest BCUT2D eigenvalue weighted by atomic mass is 10.2. The lowest BCUT2D eigenvalue weighted by Crippen LogP contribution is -2.18. The Bertz CT molecular complexity index is 676. The molecule has 0 bridgehead atoms. The molecule has 1 N–H and O–H groups in total. The van der Waals surface area contributed by atoms with Crippen LogP contribution in [0.1, 0.15) is 21.5 Å². The van der Waals surface area contributed by atoms with Crippen molar-refractivity contribution in [1.82, 2.24) is 5.43 Å². The molecule has 2 aromatic carbocycles. The Morgan fingerprint density at radius 2 is 1.95 bits per heavy atom. The zero-order valence-electron chi connectivity index (χ0n) is 12.5. The van der Waals surface area contributed by atoms with Crippen molar-refractivity contribution in [1.29, 1.82) is 0 Å². The first-order valence-corrected chi connectivity index (χ1v) is 6.93. The minimum atomic E-state index is -0.317. The van der Waals surface area contributed by atoms with Crippen LogP contribution in [0.15, 0.2) is 66.3 Å². The Morgan fingerprint density at radius 3 is 2.68 bits per heavy atom. The Hall–Kier alpha value is -2.88. The highest BCUT2D eigenvalue weighted by Gasteiger charge is 2.10. The quantitative estimate of drug-likeness (QED) is 0.505. The van der Waals surface area contributed by atoms with E-state index in [1.54, 1.807) is 30.5 Å². The summed E-state index contributed by atoms with van der Waals surface area (Å²) in [5.41, 5.74) is 5.03. The number of rotatable bonds is 6. The van der Waals surface area contributed by atoms with Crippen LogP contribution in [0, 0.1) is 6.92 Å². The summed E-state index contributed by atoms with van der Waals surface area (Å²) in [5, 5.41) is 3.97. The molecular formula is C18H18N2O2. The summed E-state index contributed by atoms with van der Waals surface area (Å²) in [5.74, 6) is 0.188. The fraction of sp³-hybridized carbons (Fsp3) is 0.111. The molecule has 1 amide bonds. The number of para-hydroxylation sites is 1. The first-order valence-electron chi connectivity index (χ1n) is 6.93. The zero-order chi connectivity index (χ0) is 15.8. The molecule has 2 aromatic rings. The van der Waals surface area contributed by atoms with Crippen LogP contribution in [0.25, 0.3) is 0 Å². The van der Waals surface area contributed by atoms with Gasteiger partial charge in [-0.25, -0.2) is 5.43 Å². The summed E-state index contributed by atoms with van der Waals surface area (Å²) in [6.45, 7) is 5.95. The third-order valence-electron chi connectivity index (χ3n) is 2.95. The second kappa shape index (κ2) is 7.78. The van der Waals surface area contributed by atoms with Crippen molar-refractivity contribution in [3.63, 3.8) is 0 Å².